The minimum absolute atomic E-state index is 0.0226. The molecule has 0 bridgehead atoms. The van der Waals surface area contributed by atoms with Gasteiger partial charge in [0.15, 0.2) is 0 Å². The van der Waals surface area contributed by atoms with Crippen molar-refractivity contribution >= 4 is 21.4 Å². The molecule has 0 spiro atoms. The Labute approximate surface area is 108 Å². The van der Waals surface area contributed by atoms with Gasteiger partial charge in [-0.15, -0.1) is 11.3 Å². The van der Waals surface area contributed by atoms with Crippen molar-refractivity contribution in [3.8, 4) is 0 Å². The number of rotatable bonds is 4. The van der Waals surface area contributed by atoms with E-state index in [0.717, 1.165) is 10.1 Å². The zero-order valence-electron chi connectivity index (χ0n) is 9.92. The Hall–Kier alpha value is -1.07. The van der Waals surface area contributed by atoms with E-state index in [1.165, 1.54) is 0 Å². The van der Waals surface area contributed by atoms with Crippen molar-refractivity contribution < 1.29 is 13.2 Å². The van der Waals surface area contributed by atoms with Crippen molar-refractivity contribution in [1.82, 2.24) is 5.32 Å². The smallest absolute Gasteiger partial charge is 0.306 e. The van der Waals surface area contributed by atoms with Crippen LogP contribution in [0.2, 0.25) is 0 Å². The van der Waals surface area contributed by atoms with Crippen LogP contribution in [0.4, 0.5) is 13.2 Å². The molecule has 0 aliphatic carbocycles. The first-order chi connectivity index (χ1) is 8.50. The summed E-state index contributed by atoms with van der Waals surface area (Å²) in [5.74, 6) is 0. The molecule has 98 valence electrons. The van der Waals surface area contributed by atoms with Crippen LogP contribution in [0, 0.1) is 0 Å². The van der Waals surface area contributed by atoms with E-state index in [1.807, 2.05) is 23.6 Å². The molecule has 2 aromatic rings. The van der Waals surface area contributed by atoms with E-state index in [1.54, 1.807) is 24.3 Å². The van der Waals surface area contributed by atoms with Crippen molar-refractivity contribution in [1.29, 1.82) is 0 Å². The highest BCUT2D eigenvalue weighted by molar-refractivity contribution is 7.17. The molecule has 0 aliphatic rings. The maximum Gasteiger partial charge on any atom is 0.404 e. The minimum Gasteiger partial charge on any atom is -0.306 e. The highest BCUT2D eigenvalue weighted by Crippen LogP contribution is 2.26. The fourth-order valence-electron chi connectivity index (χ4n) is 1.91. The quantitative estimate of drug-likeness (QED) is 0.888. The lowest BCUT2D eigenvalue weighted by Gasteiger charge is -2.21. The number of halogens is 3. The van der Waals surface area contributed by atoms with Crippen LogP contribution in [0.3, 0.4) is 0 Å². The summed E-state index contributed by atoms with van der Waals surface area (Å²) in [6.07, 6.45) is -4.23. The highest BCUT2D eigenvalue weighted by Gasteiger charge is 2.38. The predicted octanol–water partition coefficient (Wildman–Crippen LogP) is 3.98. The fourth-order valence-corrected chi connectivity index (χ4v) is 2.76. The van der Waals surface area contributed by atoms with Crippen molar-refractivity contribution in [2.24, 2.45) is 0 Å². The molecule has 1 nitrogen and oxygen atoms in total. The van der Waals surface area contributed by atoms with E-state index in [4.69, 9.17) is 0 Å². The molecule has 0 saturated heterocycles. The lowest BCUT2D eigenvalue weighted by atomic mass is 10.0. The summed E-state index contributed by atoms with van der Waals surface area (Å²) >= 11 is 1.55. The average molecular weight is 273 g/mol. The number of hydrogen-bond donors (Lipinski definition) is 1. The lowest BCUT2D eigenvalue weighted by Crippen LogP contribution is -2.43. The van der Waals surface area contributed by atoms with Gasteiger partial charge in [-0.05, 0) is 41.4 Å². The molecule has 1 unspecified atom stereocenters. The van der Waals surface area contributed by atoms with Crippen molar-refractivity contribution in [2.45, 2.75) is 25.6 Å². The van der Waals surface area contributed by atoms with E-state index < -0.39 is 12.2 Å². The first kappa shape index (κ1) is 13.4. The van der Waals surface area contributed by atoms with E-state index in [0.29, 0.717) is 12.1 Å². The number of likely N-dealkylation sites (N-methyl/N-ethyl adjacent to an activating group) is 1. The topological polar surface area (TPSA) is 12.0 Å². The van der Waals surface area contributed by atoms with Crippen molar-refractivity contribution in [3.63, 3.8) is 0 Å². The maximum absolute atomic E-state index is 12.8. The molecule has 1 heterocycles. The lowest BCUT2D eigenvalue weighted by molar-refractivity contribution is -0.155. The van der Waals surface area contributed by atoms with Crippen LogP contribution in [-0.2, 0) is 6.42 Å². The highest BCUT2D eigenvalue weighted by atomic mass is 32.1. The van der Waals surface area contributed by atoms with Crippen molar-refractivity contribution in [2.75, 3.05) is 6.54 Å². The molecule has 5 heteroatoms. The Morgan fingerprint density at radius 1 is 1.28 bits per heavy atom. The van der Waals surface area contributed by atoms with Crippen molar-refractivity contribution in [3.05, 3.63) is 35.2 Å². The predicted molar refractivity (Wildman–Crippen MR) is 69.0 cm³/mol. The standard InChI is InChI=1S/C13H14F3NS/c1-2-17-12(13(14,15)16)8-9-3-4-10-5-6-18-11(10)7-9/h3-7,12,17H,2,8H2,1H3. The third-order valence-corrected chi connectivity index (χ3v) is 3.69. The molecule has 1 aromatic carbocycles. The fraction of sp³-hybridized carbons (Fsp3) is 0.385. The first-order valence-electron chi connectivity index (χ1n) is 5.77. The number of benzene rings is 1. The molecule has 2 rings (SSSR count). The Morgan fingerprint density at radius 2 is 2.06 bits per heavy atom. The monoisotopic (exact) mass is 273 g/mol. The molecule has 0 saturated carbocycles. The van der Waals surface area contributed by atoms with Gasteiger partial charge < -0.3 is 5.32 Å². The molecule has 0 radical (unpaired) electrons. The van der Waals surface area contributed by atoms with Gasteiger partial charge in [-0.2, -0.15) is 13.2 Å². The molecular formula is C13H14F3NS. The number of thiophene rings is 1. The third kappa shape index (κ3) is 3.03. The summed E-state index contributed by atoms with van der Waals surface area (Å²) in [7, 11) is 0. The number of fused-ring (bicyclic) bond motifs is 1. The Balaban J connectivity index is 2.19. The minimum atomic E-state index is -4.21. The molecule has 0 aliphatic heterocycles. The van der Waals surface area contributed by atoms with Gasteiger partial charge in [0, 0.05) is 4.70 Å². The largest absolute Gasteiger partial charge is 0.404 e. The van der Waals surface area contributed by atoms with Gasteiger partial charge in [0.05, 0.1) is 0 Å². The van der Waals surface area contributed by atoms with Gasteiger partial charge in [-0.25, -0.2) is 0 Å². The van der Waals surface area contributed by atoms with Crippen LogP contribution in [0.25, 0.3) is 10.1 Å². The van der Waals surface area contributed by atoms with Gasteiger partial charge in [0.1, 0.15) is 6.04 Å². The molecule has 1 atom stereocenters. The molecule has 1 N–H and O–H groups in total. The molecule has 1 aromatic heterocycles. The van der Waals surface area contributed by atoms with Crippen LogP contribution >= 0.6 is 11.3 Å². The maximum atomic E-state index is 12.8. The normalized spacial score (nSPS) is 14.0. The second kappa shape index (κ2) is 5.28. The van der Waals surface area contributed by atoms with Gasteiger partial charge in [-0.1, -0.05) is 19.1 Å². The summed E-state index contributed by atoms with van der Waals surface area (Å²) in [5.41, 5.74) is 0.716. The van der Waals surface area contributed by atoms with Crippen LogP contribution in [0.5, 0.6) is 0 Å². The van der Waals surface area contributed by atoms with Crippen LogP contribution < -0.4 is 5.32 Å². The number of nitrogens with one attached hydrogen (secondary N) is 1. The Morgan fingerprint density at radius 3 is 2.72 bits per heavy atom. The summed E-state index contributed by atoms with van der Waals surface area (Å²) < 4.78 is 39.4. The van der Waals surface area contributed by atoms with E-state index >= 15 is 0 Å². The Bertz CT molecular complexity index is 518. The third-order valence-electron chi connectivity index (χ3n) is 2.81. The van der Waals surface area contributed by atoms with Gasteiger partial charge >= 0.3 is 6.18 Å². The molecule has 0 fully saturated rings. The zero-order valence-corrected chi connectivity index (χ0v) is 10.7. The number of alkyl halides is 3. The average Bonchev–Trinajstić information content (AvgIpc) is 2.74. The van der Waals surface area contributed by atoms with Crippen LogP contribution in [-0.4, -0.2) is 18.8 Å². The zero-order chi connectivity index (χ0) is 13.2. The second-order valence-electron chi connectivity index (χ2n) is 4.15. The first-order valence-corrected chi connectivity index (χ1v) is 6.65. The summed E-state index contributed by atoms with van der Waals surface area (Å²) in [5, 5.41) is 5.52. The second-order valence-corrected chi connectivity index (χ2v) is 5.10. The van der Waals surface area contributed by atoms with E-state index in [2.05, 4.69) is 5.32 Å². The van der Waals surface area contributed by atoms with Crippen LogP contribution in [0.15, 0.2) is 29.6 Å². The van der Waals surface area contributed by atoms with E-state index in [9.17, 15) is 13.2 Å². The summed E-state index contributed by atoms with van der Waals surface area (Å²) in [4.78, 5) is 0. The van der Waals surface area contributed by atoms with Gasteiger partial charge in [-0.3, -0.25) is 0 Å². The SMILES string of the molecule is CCNC(Cc1ccc2ccsc2c1)C(F)(F)F. The number of hydrogen-bond acceptors (Lipinski definition) is 2. The Kier molecular flexibility index (Phi) is 3.92. The summed E-state index contributed by atoms with van der Waals surface area (Å²) in [6.45, 7) is 1.99. The van der Waals surface area contributed by atoms with Gasteiger partial charge in [0.25, 0.3) is 0 Å². The molecule has 0 amide bonds. The van der Waals surface area contributed by atoms with Gasteiger partial charge in [0.2, 0.25) is 0 Å². The molecular weight excluding hydrogens is 259 g/mol. The van der Waals surface area contributed by atoms with E-state index in [-0.39, 0.29) is 6.42 Å². The summed E-state index contributed by atoms with van der Waals surface area (Å²) in [6, 6.07) is 5.98. The van der Waals surface area contributed by atoms with Crippen LogP contribution in [0.1, 0.15) is 12.5 Å². The molecule has 18 heavy (non-hydrogen) atoms.